The first-order valence-corrected chi connectivity index (χ1v) is 7.66. The molecule has 0 fully saturated rings. The summed E-state index contributed by atoms with van der Waals surface area (Å²) in [6.45, 7) is 1.66. The number of amides is 1. The molecule has 0 heterocycles. The van der Waals surface area contributed by atoms with E-state index in [1.54, 1.807) is 24.3 Å². The van der Waals surface area contributed by atoms with Crippen molar-refractivity contribution in [2.75, 3.05) is 20.2 Å². The maximum absolute atomic E-state index is 12.8. The molecule has 0 aliphatic carbocycles. The Hall–Kier alpha value is -2.60. The van der Waals surface area contributed by atoms with Gasteiger partial charge in [-0.05, 0) is 35.4 Å². The van der Waals surface area contributed by atoms with Gasteiger partial charge in [0.1, 0.15) is 5.82 Å². The average Bonchev–Trinajstić information content (AvgIpc) is 2.57. The van der Waals surface area contributed by atoms with Crippen LogP contribution in [0.15, 0.2) is 42.5 Å². The van der Waals surface area contributed by atoms with Crippen LogP contribution < -0.4 is 15.4 Å². The molecule has 0 unspecified atom stereocenters. The van der Waals surface area contributed by atoms with Crippen molar-refractivity contribution < 1.29 is 19.0 Å². The number of phenols is 1. The van der Waals surface area contributed by atoms with Gasteiger partial charge in [0.25, 0.3) is 0 Å². The largest absolute Gasteiger partial charge is 0.504 e. The molecule has 24 heavy (non-hydrogen) atoms. The van der Waals surface area contributed by atoms with Gasteiger partial charge in [0, 0.05) is 19.6 Å². The smallest absolute Gasteiger partial charge is 0.224 e. The zero-order valence-electron chi connectivity index (χ0n) is 13.5. The molecule has 2 aromatic rings. The van der Waals surface area contributed by atoms with Gasteiger partial charge in [0.05, 0.1) is 13.5 Å². The summed E-state index contributed by atoms with van der Waals surface area (Å²) in [4.78, 5) is 11.8. The first-order chi connectivity index (χ1) is 11.6. The van der Waals surface area contributed by atoms with Crippen LogP contribution in [0.5, 0.6) is 11.5 Å². The standard InChI is InChI=1S/C18H21FN2O3/c1-24-17-7-4-14(10-16(17)22)12-20-8-9-21-18(23)11-13-2-5-15(19)6-3-13/h2-7,10,20,22H,8-9,11-12H2,1H3,(H,21,23). The number of aromatic hydroxyl groups is 1. The Balaban J connectivity index is 1.65. The quantitative estimate of drug-likeness (QED) is 0.647. The Kier molecular flexibility index (Phi) is 6.57. The first-order valence-electron chi connectivity index (χ1n) is 7.66. The number of hydrogen-bond donors (Lipinski definition) is 3. The predicted octanol–water partition coefficient (Wildman–Crippen LogP) is 1.99. The van der Waals surface area contributed by atoms with Crippen LogP contribution in [0.4, 0.5) is 4.39 Å². The summed E-state index contributed by atoms with van der Waals surface area (Å²) in [6.07, 6.45) is 0.229. The van der Waals surface area contributed by atoms with E-state index in [0.717, 1.165) is 11.1 Å². The van der Waals surface area contributed by atoms with Crippen molar-refractivity contribution in [2.45, 2.75) is 13.0 Å². The highest BCUT2D eigenvalue weighted by atomic mass is 19.1. The maximum Gasteiger partial charge on any atom is 0.224 e. The molecule has 1 amide bonds. The third kappa shape index (κ3) is 5.55. The van der Waals surface area contributed by atoms with Gasteiger partial charge in [0.15, 0.2) is 11.5 Å². The minimum atomic E-state index is -0.312. The van der Waals surface area contributed by atoms with Crippen molar-refractivity contribution >= 4 is 5.91 Å². The number of halogens is 1. The summed E-state index contributed by atoms with van der Waals surface area (Å²) in [5.74, 6) is 0.120. The van der Waals surface area contributed by atoms with Gasteiger partial charge >= 0.3 is 0 Å². The summed E-state index contributed by atoms with van der Waals surface area (Å²) in [6, 6.07) is 11.1. The fourth-order valence-electron chi connectivity index (χ4n) is 2.22. The number of carbonyl (C=O) groups excluding carboxylic acids is 1. The van der Waals surface area contributed by atoms with Crippen molar-refractivity contribution in [1.82, 2.24) is 10.6 Å². The molecule has 0 saturated heterocycles. The third-order valence-corrected chi connectivity index (χ3v) is 3.47. The summed E-state index contributed by atoms with van der Waals surface area (Å²) >= 11 is 0. The molecule has 2 rings (SSSR count). The Morgan fingerprint density at radius 3 is 2.50 bits per heavy atom. The molecule has 0 aliphatic rings. The number of rotatable bonds is 8. The van der Waals surface area contributed by atoms with Crippen molar-refractivity contribution in [3.63, 3.8) is 0 Å². The summed E-state index contributed by atoms with van der Waals surface area (Å²) in [7, 11) is 1.50. The van der Waals surface area contributed by atoms with E-state index >= 15 is 0 Å². The molecule has 3 N–H and O–H groups in total. The monoisotopic (exact) mass is 332 g/mol. The molecular weight excluding hydrogens is 311 g/mol. The van der Waals surface area contributed by atoms with Crippen LogP contribution in [0.3, 0.4) is 0 Å². The van der Waals surface area contributed by atoms with Crippen molar-refractivity contribution in [3.8, 4) is 11.5 Å². The lowest BCUT2D eigenvalue weighted by molar-refractivity contribution is -0.120. The molecular formula is C18H21FN2O3. The van der Waals surface area contributed by atoms with E-state index in [-0.39, 0.29) is 23.9 Å². The Morgan fingerprint density at radius 2 is 1.83 bits per heavy atom. The second-order valence-electron chi connectivity index (χ2n) is 5.34. The van der Waals surface area contributed by atoms with Crippen LogP contribution in [0.25, 0.3) is 0 Å². The number of carbonyl (C=O) groups is 1. The van der Waals surface area contributed by atoms with Crippen LogP contribution in [0.2, 0.25) is 0 Å². The topological polar surface area (TPSA) is 70.6 Å². The lowest BCUT2D eigenvalue weighted by Crippen LogP contribution is -2.32. The van der Waals surface area contributed by atoms with E-state index < -0.39 is 0 Å². The molecule has 0 aliphatic heterocycles. The first kappa shape index (κ1) is 17.7. The Morgan fingerprint density at radius 1 is 1.12 bits per heavy atom. The van der Waals surface area contributed by atoms with E-state index in [1.165, 1.54) is 19.2 Å². The minimum absolute atomic E-state index is 0.101. The summed E-state index contributed by atoms with van der Waals surface area (Å²) in [5, 5.41) is 15.7. The lowest BCUT2D eigenvalue weighted by atomic mass is 10.1. The number of benzene rings is 2. The van der Waals surface area contributed by atoms with Crippen LogP contribution in [-0.4, -0.2) is 31.2 Å². The fourth-order valence-corrected chi connectivity index (χ4v) is 2.22. The van der Waals surface area contributed by atoms with Crippen LogP contribution in [0.1, 0.15) is 11.1 Å². The highest BCUT2D eigenvalue weighted by molar-refractivity contribution is 5.78. The van der Waals surface area contributed by atoms with Crippen LogP contribution in [-0.2, 0) is 17.8 Å². The SMILES string of the molecule is COc1ccc(CNCCNC(=O)Cc2ccc(F)cc2)cc1O. The second kappa shape index (κ2) is 8.88. The van der Waals surface area contributed by atoms with Crippen molar-refractivity contribution in [3.05, 3.63) is 59.4 Å². The van der Waals surface area contributed by atoms with E-state index in [1.807, 2.05) is 6.07 Å². The van der Waals surface area contributed by atoms with Crippen LogP contribution in [0, 0.1) is 5.82 Å². The van der Waals surface area contributed by atoms with Crippen LogP contribution >= 0.6 is 0 Å². The van der Waals surface area contributed by atoms with E-state index in [4.69, 9.17) is 4.74 Å². The Bertz CT molecular complexity index is 674. The number of hydrogen-bond acceptors (Lipinski definition) is 4. The molecule has 6 heteroatoms. The molecule has 128 valence electrons. The predicted molar refractivity (Wildman–Crippen MR) is 89.5 cm³/mol. The van der Waals surface area contributed by atoms with E-state index in [0.29, 0.717) is 25.4 Å². The number of ether oxygens (including phenoxy) is 1. The molecule has 0 saturated carbocycles. The normalized spacial score (nSPS) is 10.4. The van der Waals surface area contributed by atoms with Crippen molar-refractivity contribution in [2.24, 2.45) is 0 Å². The van der Waals surface area contributed by atoms with Gasteiger partial charge in [0.2, 0.25) is 5.91 Å². The zero-order chi connectivity index (χ0) is 17.4. The molecule has 5 nitrogen and oxygen atoms in total. The number of methoxy groups -OCH3 is 1. The van der Waals surface area contributed by atoms with Gasteiger partial charge in [-0.2, -0.15) is 0 Å². The van der Waals surface area contributed by atoms with Gasteiger partial charge in [-0.15, -0.1) is 0 Å². The maximum atomic E-state index is 12.8. The van der Waals surface area contributed by atoms with E-state index in [2.05, 4.69) is 10.6 Å². The van der Waals surface area contributed by atoms with Gasteiger partial charge < -0.3 is 20.5 Å². The molecule has 0 bridgehead atoms. The highest BCUT2D eigenvalue weighted by Gasteiger charge is 2.04. The minimum Gasteiger partial charge on any atom is -0.504 e. The van der Waals surface area contributed by atoms with Gasteiger partial charge in [-0.1, -0.05) is 18.2 Å². The highest BCUT2D eigenvalue weighted by Crippen LogP contribution is 2.25. The fraction of sp³-hybridized carbons (Fsp3) is 0.278. The van der Waals surface area contributed by atoms with Gasteiger partial charge in [-0.3, -0.25) is 4.79 Å². The molecule has 0 atom stereocenters. The number of phenolic OH excluding ortho intramolecular Hbond substituents is 1. The Labute approximate surface area is 140 Å². The lowest BCUT2D eigenvalue weighted by Gasteiger charge is -2.09. The summed E-state index contributed by atoms with van der Waals surface area (Å²) in [5.41, 5.74) is 1.70. The number of nitrogens with one attached hydrogen (secondary N) is 2. The second-order valence-corrected chi connectivity index (χ2v) is 5.34. The molecule has 2 aromatic carbocycles. The third-order valence-electron chi connectivity index (χ3n) is 3.47. The van der Waals surface area contributed by atoms with Gasteiger partial charge in [-0.25, -0.2) is 4.39 Å². The molecule has 0 radical (unpaired) electrons. The average molecular weight is 332 g/mol. The zero-order valence-corrected chi connectivity index (χ0v) is 13.5. The molecule has 0 spiro atoms. The van der Waals surface area contributed by atoms with E-state index in [9.17, 15) is 14.3 Å². The summed E-state index contributed by atoms with van der Waals surface area (Å²) < 4.78 is 17.8. The van der Waals surface area contributed by atoms with Crippen molar-refractivity contribution in [1.29, 1.82) is 0 Å². The molecule has 0 aromatic heterocycles.